The minimum atomic E-state index is 0.665. The summed E-state index contributed by atoms with van der Waals surface area (Å²) in [5.74, 6) is 0.665. The number of halogens is 1. The summed E-state index contributed by atoms with van der Waals surface area (Å²) in [5.41, 5.74) is 1.33. The van der Waals surface area contributed by atoms with Crippen LogP contribution in [0.15, 0.2) is 24.3 Å². The highest BCUT2D eigenvalue weighted by atomic mass is 35.5. The summed E-state index contributed by atoms with van der Waals surface area (Å²) < 4.78 is 0. The van der Waals surface area contributed by atoms with Gasteiger partial charge in [0.2, 0.25) is 0 Å². The van der Waals surface area contributed by atoms with Crippen molar-refractivity contribution in [3.63, 3.8) is 0 Å². The Morgan fingerprint density at radius 3 is 2.63 bits per heavy atom. The zero-order valence-corrected chi connectivity index (χ0v) is 12.2. The van der Waals surface area contributed by atoms with Gasteiger partial charge in [-0.1, -0.05) is 29.8 Å². The Balaban J connectivity index is 1.37. The van der Waals surface area contributed by atoms with Gasteiger partial charge in [0, 0.05) is 24.2 Å². The van der Waals surface area contributed by atoms with Crippen molar-refractivity contribution in [2.45, 2.75) is 37.6 Å². The molecule has 0 unspecified atom stereocenters. The first-order chi connectivity index (χ1) is 9.33. The summed E-state index contributed by atoms with van der Waals surface area (Å²) >= 11 is 6.24. The molecule has 0 aromatic heterocycles. The number of benzene rings is 1. The predicted octanol–water partition coefficient (Wildman–Crippen LogP) is 3.27. The van der Waals surface area contributed by atoms with Crippen LogP contribution in [0.1, 0.15) is 37.2 Å². The van der Waals surface area contributed by atoms with Gasteiger partial charge < -0.3 is 10.2 Å². The zero-order valence-electron chi connectivity index (χ0n) is 11.4. The third kappa shape index (κ3) is 3.31. The number of likely N-dealkylation sites (tertiary alicyclic amines) is 1. The van der Waals surface area contributed by atoms with Crippen LogP contribution in [-0.4, -0.2) is 37.1 Å². The van der Waals surface area contributed by atoms with Crippen molar-refractivity contribution >= 4 is 11.6 Å². The number of rotatable bonds is 5. The number of nitrogens with one attached hydrogen (secondary N) is 1. The second-order valence-electron chi connectivity index (χ2n) is 5.89. The molecule has 2 aliphatic rings. The van der Waals surface area contributed by atoms with Gasteiger partial charge in [-0.05, 0) is 56.3 Å². The molecule has 1 heterocycles. The fourth-order valence-electron chi connectivity index (χ4n) is 3.28. The molecule has 19 heavy (non-hydrogen) atoms. The van der Waals surface area contributed by atoms with Crippen molar-refractivity contribution in [3.05, 3.63) is 34.9 Å². The van der Waals surface area contributed by atoms with Crippen LogP contribution in [-0.2, 0) is 0 Å². The Labute approximate surface area is 121 Å². The molecule has 1 saturated carbocycles. The molecule has 1 N–H and O–H groups in total. The van der Waals surface area contributed by atoms with Gasteiger partial charge in [-0.3, -0.25) is 0 Å². The smallest absolute Gasteiger partial charge is 0.0440 e. The molecule has 2 nitrogen and oxygen atoms in total. The first-order valence-corrected chi connectivity index (χ1v) is 7.91. The quantitative estimate of drug-likeness (QED) is 0.889. The van der Waals surface area contributed by atoms with Crippen molar-refractivity contribution in [2.75, 3.05) is 26.2 Å². The van der Waals surface area contributed by atoms with Gasteiger partial charge in [0.25, 0.3) is 0 Å². The van der Waals surface area contributed by atoms with Crippen molar-refractivity contribution < 1.29 is 0 Å². The molecule has 1 aliphatic carbocycles. The topological polar surface area (TPSA) is 15.3 Å². The zero-order chi connectivity index (χ0) is 13.1. The number of hydrogen-bond donors (Lipinski definition) is 1. The van der Waals surface area contributed by atoms with Crippen LogP contribution in [0.5, 0.6) is 0 Å². The minimum Gasteiger partial charge on any atom is -0.313 e. The molecule has 0 amide bonds. The molecular weight excluding hydrogens is 256 g/mol. The molecule has 1 aliphatic heterocycles. The standard InChI is InChI=1S/C16H23ClN2/c17-16-6-2-1-5-15(16)13-11-14(12-13)18-7-10-19-8-3-4-9-19/h1-2,5-6,13-14,18H,3-4,7-12H2. The Morgan fingerprint density at radius 2 is 1.89 bits per heavy atom. The highest BCUT2D eigenvalue weighted by Gasteiger charge is 2.30. The number of hydrogen-bond acceptors (Lipinski definition) is 2. The summed E-state index contributed by atoms with van der Waals surface area (Å²) in [6, 6.07) is 8.98. The largest absolute Gasteiger partial charge is 0.313 e. The van der Waals surface area contributed by atoms with Gasteiger partial charge in [-0.15, -0.1) is 0 Å². The SMILES string of the molecule is Clc1ccccc1C1CC(NCCN2CCCC2)C1. The summed E-state index contributed by atoms with van der Waals surface area (Å²) in [7, 11) is 0. The molecule has 3 rings (SSSR count). The van der Waals surface area contributed by atoms with Gasteiger partial charge in [0.15, 0.2) is 0 Å². The molecule has 1 aromatic rings. The van der Waals surface area contributed by atoms with E-state index in [2.05, 4.69) is 22.3 Å². The maximum atomic E-state index is 6.24. The molecule has 0 bridgehead atoms. The van der Waals surface area contributed by atoms with E-state index in [4.69, 9.17) is 11.6 Å². The molecule has 2 fully saturated rings. The van der Waals surface area contributed by atoms with Gasteiger partial charge >= 0.3 is 0 Å². The molecule has 0 atom stereocenters. The highest BCUT2D eigenvalue weighted by molar-refractivity contribution is 6.31. The average molecular weight is 279 g/mol. The predicted molar refractivity (Wildman–Crippen MR) is 80.9 cm³/mol. The van der Waals surface area contributed by atoms with E-state index in [-0.39, 0.29) is 0 Å². The van der Waals surface area contributed by atoms with Crippen LogP contribution in [0.3, 0.4) is 0 Å². The lowest BCUT2D eigenvalue weighted by atomic mass is 9.76. The van der Waals surface area contributed by atoms with Crippen LogP contribution >= 0.6 is 11.6 Å². The monoisotopic (exact) mass is 278 g/mol. The second kappa shape index (κ2) is 6.25. The highest BCUT2D eigenvalue weighted by Crippen LogP contribution is 2.39. The first kappa shape index (κ1) is 13.4. The van der Waals surface area contributed by atoms with E-state index in [0.717, 1.165) is 11.6 Å². The fraction of sp³-hybridized carbons (Fsp3) is 0.625. The van der Waals surface area contributed by atoms with Crippen LogP contribution in [0.4, 0.5) is 0 Å². The number of nitrogens with zero attached hydrogens (tertiary/aromatic N) is 1. The Kier molecular flexibility index (Phi) is 4.42. The van der Waals surface area contributed by atoms with Crippen LogP contribution in [0, 0.1) is 0 Å². The lowest BCUT2D eigenvalue weighted by molar-refractivity contribution is 0.266. The Morgan fingerprint density at radius 1 is 1.16 bits per heavy atom. The molecule has 1 saturated heterocycles. The molecule has 104 valence electrons. The second-order valence-corrected chi connectivity index (χ2v) is 6.30. The van der Waals surface area contributed by atoms with E-state index in [1.54, 1.807) is 0 Å². The van der Waals surface area contributed by atoms with E-state index < -0.39 is 0 Å². The lowest BCUT2D eigenvalue weighted by Crippen LogP contribution is -2.43. The summed E-state index contributed by atoms with van der Waals surface area (Å²) in [5, 5.41) is 4.61. The van der Waals surface area contributed by atoms with E-state index in [0.29, 0.717) is 12.0 Å². The maximum Gasteiger partial charge on any atom is 0.0440 e. The lowest BCUT2D eigenvalue weighted by Gasteiger charge is -2.37. The fourth-order valence-corrected chi connectivity index (χ4v) is 3.57. The Hall–Kier alpha value is -0.570. The average Bonchev–Trinajstić information content (AvgIpc) is 2.87. The van der Waals surface area contributed by atoms with E-state index in [1.807, 2.05) is 12.1 Å². The van der Waals surface area contributed by atoms with Crippen molar-refractivity contribution in [3.8, 4) is 0 Å². The van der Waals surface area contributed by atoms with Crippen LogP contribution < -0.4 is 5.32 Å². The van der Waals surface area contributed by atoms with Crippen LogP contribution in [0.25, 0.3) is 0 Å². The molecular formula is C16H23ClN2. The summed E-state index contributed by atoms with van der Waals surface area (Å²) in [6.07, 6.45) is 5.25. The third-order valence-electron chi connectivity index (χ3n) is 4.54. The normalized spacial score (nSPS) is 27.4. The first-order valence-electron chi connectivity index (χ1n) is 7.53. The van der Waals surface area contributed by atoms with Crippen LogP contribution in [0.2, 0.25) is 5.02 Å². The maximum absolute atomic E-state index is 6.24. The van der Waals surface area contributed by atoms with Gasteiger partial charge in [-0.25, -0.2) is 0 Å². The van der Waals surface area contributed by atoms with Crippen molar-refractivity contribution in [1.29, 1.82) is 0 Å². The summed E-state index contributed by atoms with van der Waals surface area (Å²) in [4.78, 5) is 2.57. The van der Waals surface area contributed by atoms with E-state index in [9.17, 15) is 0 Å². The van der Waals surface area contributed by atoms with Crippen molar-refractivity contribution in [1.82, 2.24) is 10.2 Å². The van der Waals surface area contributed by atoms with Crippen molar-refractivity contribution in [2.24, 2.45) is 0 Å². The Bertz CT molecular complexity index is 409. The third-order valence-corrected chi connectivity index (χ3v) is 4.89. The van der Waals surface area contributed by atoms with Gasteiger partial charge in [0.1, 0.15) is 0 Å². The molecule has 0 spiro atoms. The van der Waals surface area contributed by atoms with Gasteiger partial charge in [-0.2, -0.15) is 0 Å². The van der Waals surface area contributed by atoms with E-state index in [1.165, 1.54) is 50.9 Å². The molecule has 0 radical (unpaired) electrons. The minimum absolute atomic E-state index is 0.665. The summed E-state index contributed by atoms with van der Waals surface area (Å²) in [6.45, 7) is 4.95. The molecule has 1 aromatic carbocycles. The van der Waals surface area contributed by atoms with E-state index >= 15 is 0 Å². The molecule has 3 heteroatoms. The van der Waals surface area contributed by atoms with Gasteiger partial charge in [0.05, 0.1) is 0 Å².